The van der Waals surface area contributed by atoms with Crippen LogP contribution in [0.3, 0.4) is 0 Å². The molecule has 1 aromatic heterocycles. The number of alkyl halides is 2. The van der Waals surface area contributed by atoms with Gasteiger partial charge in [0, 0.05) is 30.7 Å². The van der Waals surface area contributed by atoms with E-state index in [1.54, 1.807) is 23.2 Å². The van der Waals surface area contributed by atoms with Crippen molar-refractivity contribution in [2.75, 3.05) is 24.5 Å². The zero-order chi connectivity index (χ0) is 11.3. The molecule has 0 amide bonds. The predicted molar refractivity (Wildman–Crippen MR) is 56.2 cm³/mol. The summed E-state index contributed by atoms with van der Waals surface area (Å²) in [4.78, 5) is 5.58. The number of rotatable bonds is 5. The number of aromatic nitrogens is 1. The Morgan fingerprint density at radius 2 is 2.27 bits per heavy atom. The molecule has 2 N–H and O–H groups in total. The van der Waals surface area contributed by atoms with Crippen LogP contribution in [-0.4, -0.2) is 31.0 Å². The zero-order valence-corrected chi connectivity index (χ0v) is 8.66. The van der Waals surface area contributed by atoms with Crippen molar-refractivity contribution in [2.24, 2.45) is 5.73 Å². The molecule has 0 saturated carbocycles. The fraction of sp³-hybridized carbons (Fsp3) is 0.500. The first-order chi connectivity index (χ1) is 7.13. The Balaban J connectivity index is 2.78. The van der Waals surface area contributed by atoms with Gasteiger partial charge in [-0.3, -0.25) is 4.98 Å². The van der Waals surface area contributed by atoms with Gasteiger partial charge in [0.2, 0.25) is 0 Å². The maximum absolute atomic E-state index is 12.3. The van der Waals surface area contributed by atoms with E-state index in [1.807, 2.05) is 6.92 Å². The third-order valence-corrected chi connectivity index (χ3v) is 2.00. The van der Waals surface area contributed by atoms with Crippen LogP contribution in [0.25, 0.3) is 0 Å². The minimum atomic E-state index is -2.36. The molecule has 0 atom stereocenters. The molecule has 0 aliphatic rings. The highest BCUT2D eigenvalue weighted by molar-refractivity contribution is 5.46. The van der Waals surface area contributed by atoms with E-state index in [0.29, 0.717) is 13.1 Å². The van der Waals surface area contributed by atoms with Gasteiger partial charge in [-0.1, -0.05) is 0 Å². The van der Waals surface area contributed by atoms with E-state index in [4.69, 9.17) is 5.73 Å². The highest BCUT2D eigenvalue weighted by Crippen LogP contribution is 2.15. The maximum atomic E-state index is 12.3. The highest BCUT2D eigenvalue weighted by atomic mass is 19.3. The molecule has 5 heteroatoms. The summed E-state index contributed by atoms with van der Waals surface area (Å²) in [6.45, 7) is 2.31. The Morgan fingerprint density at radius 3 is 2.80 bits per heavy atom. The lowest BCUT2D eigenvalue weighted by atomic mass is 10.3. The Kier molecular flexibility index (Phi) is 4.42. The summed E-state index contributed by atoms with van der Waals surface area (Å²) in [5.74, 6) is 0. The number of hydrogen-bond acceptors (Lipinski definition) is 3. The fourth-order valence-corrected chi connectivity index (χ4v) is 1.38. The van der Waals surface area contributed by atoms with Gasteiger partial charge in [0.25, 0.3) is 6.43 Å². The van der Waals surface area contributed by atoms with Crippen LogP contribution >= 0.6 is 0 Å². The van der Waals surface area contributed by atoms with Crippen LogP contribution in [0.1, 0.15) is 5.69 Å². The van der Waals surface area contributed by atoms with Crippen molar-refractivity contribution in [2.45, 2.75) is 13.3 Å². The Hall–Kier alpha value is -1.23. The topological polar surface area (TPSA) is 42.1 Å². The predicted octanol–water partition coefficient (Wildman–Crippen LogP) is 1.42. The van der Waals surface area contributed by atoms with Crippen LogP contribution in [-0.2, 0) is 0 Å². The molecule has 1 aromatic rings. The Labute approximate surface area is 87.9 Å². The van der Waals surface area contributed by atoms with E-state index in [1.165, 1.54) is 0 Å². The maximum Gasteiger partial charge on any atom is 0.255 e. The average Bonchev–Trinajstić information content (AvgIpc) is 2.16. The molecular formula is C10H15F2N3. The van der Waals surface area contributed by atoms with Gasteiger partial charge >= 0.3 is 0 Å². The molecule has 0 bridgehead atoms. The number of hydrogen-bond donors (Lipinski definition) is 1. The molecule has 84 valence electrons. The number of anilines is 1. The third-order valence-electron chi connectivity index (χ3n) is 2.00. The number of aryl methyl sites for hydroxylation is 1. The number of halogens is 2. The summed E-state index contributed by atoms with van der Waals surface area (Å²) in [6.07, 6.45) is -0.746. The molecule has 0 saturated heterocycles. The fourth-order valence-electron chi connectivity index (χ4n) is 1.38. The molecule has 0 spiro atoms. The summed E-state index contributed by atoms with van der Waals surface area (Å²) in [5, 5.41) is 0. The number of nitrogens with zero attached hydrogens (tertiary/aromatic N) is 2. The molecule has 3 nitrogen and oxygen atoms in total. The minimum Gasteiger partial charge on any atom is -0.364 e. The van der Waals surface area contributed by atoms with Crippen LogP contribution in [0.4, 0.5) is 14.5 Å². The molecule has 0 radical (unpaired) electrons. The summed E-state index contributed by atoms with van der Waals surface area (Å²) >= 11 is 0. The molecule has 0 aromatic carbocycles. The lowest BCUT2D eigenvalue weighted by molar-refractivity contribution is 0.155. The first-order valence-corrected chi connectivity index (χ1v) is 4.79. The molecule has 0 fully saturated rings. The van der Waals surface area contributed by atoms with Crippen LogP contribution in [0.15, 0.2) is 18.3 Å². The second kappa shape index (κ2) is 5.60. The monoisotopic (exact) mass is 215 g/mol. The normalized spacial score (nSPS) is 10.7. The van der Waals surface area contributed by atoms with E-state index in [9.17, 15) is 8.78 Å². The van der Waals surface area contributed by atoms with Gasteiger partial charge in [-0.2, -0.15) is 0 Å². The van der Waals surface area contributed by atoms with Gasteiger partial charge in [0.15, 0.2) is 0 Å². The van der Waals surface area contributed by atoms with Gasteiger partial charge in [-0.25, -0.2) is 8.78 Å². The van der Waals surface area contributed by atoms with Crippen molar-refractivity contribution in [1.29, 1.82) is 0 Å². The summed E-state index contributed by atoms with van der Waals surface area (Å²) in [7, 11) is 0. The summed E-state index contributed by atoms with van der Waals surface area (Å²) in [5.41, 5.74) is 6.93. The lowest BCUT2D eigenvalue weighted by Crippen LogP contribution is -2.33. The standard InChI is InChI=1S/C10H15F2N3/c1-8-6-9(2-4-14-8)15(5-3-13)7-10(11)12/h2,4,6,10H,3,5,7,13H2,1H3. The van der Waals surface area contributed by atoms with Gasteiger partial charge in [0.05, 0.1) is 6.54 Å². The largest absolute Gasteiger partial charge is 0.364 e. The first-order valence-electron chi connectivity index (χ1n) is 4.79. The van der Waals surface area contributed by atoms with E-state index >= 15 is 0 Å². The molecule has 15 heavy (non-hydrogen) atoms. The Morgan fingerprint density at radius 1 is 1.53 bits per heavy atom. The van der Waals surface area contributed by atoms with Crippen LogP contribution in [0.5, 0.6) is 0 Å². The van der Waals surface area contributed by atoms with E-state index in [-0.39, 0.29) is 6.54 Å². The average molecular weight is 215 g/mol. The minimum absolute atomic E-state index is 0.291. The molecular weight excluding hydrogens is 200 g/mol. The Bertz CT molecular complexity index is 304. The highest BCUT2D eigenvalue weighted by Gasteiger charge is 2.12. The van der Waals surface area contributed by atoms with Crippen LogP contribution in [0.2, 0.25) is 0 Å². The van der Waals surface area contributed by atoms with Crippen molar-refractivity contribution in [3.8, 4) is 0 Å². The molecule has 0 aliphatic carbocycles. The second-order valence-electron chi connectivity index (χ2n) is 3.28. The molecule has 1 heterocycles. The van der Waals surface area contributed by atoms with E-state index < -0.39 is 6.43 Å². The third kappa shape index (κ3) is 3.79. The number of pyridine rings is 1. The molecule has 1 rings (SSSR count). The lowest BCUT2D eigenvalue weighted by Gasteiger charge is -2.23. The van der Waals surface area contributed by atoms with Crippen LogP contribution < -0.4 is 10.6 Å². The quantitative estimate of drug-likeness (QED) is 0.807. The molecule has 0 unspecified atom stereocenters. The summed E-state index contributed by atoms with van der Waals surface area (Å²) in [6, 6.07) is 3.49. The first kappa shape index (κ1) is 11.8. The van der Waals surface area contributed by atoms with Gasteiger partial charge in [-0.15, -0.1) is 0 Å². The van der Waals surface area contributed by atoms with Crippen molar-refractivity contribution in [3.05, 3.63) is 24.0 Å². The zero-order valence-electron chi connectivity index (χ0n) is 8.66. The van der Waals surface area contributed by atoms with Crippen molar-refractivity contribution >= 4 is 5.69 Å². The van der Waals surface area contributed by atoms with E-state index in [0.717, 1.165) is 11.4 Å². The van der Waals surface area contributed by atoms with Crippen molar-refractivity contribution in [3.63, 3.8) is 0 Å². The van der Waals surface area contributed by atoms with E-state index in [2.05, 4.69) is 4.98 Å². The van der Waals surface area contributed by atoms with Gasteiger partial charge in [0.1, 0.15) is 0 Å². The molecule has 0 aliphatic heterocycles. The number of nitrogens with two attached hydrogens (primary N) is 1. The van der Waals surface area contributed by atoms with Crippen LogP contribution in [0, 0.1) is 6.92 Å². The van der Waals surface area contributed by atoms with Crippen molar-refractivity contribution in [1.82, 2.24) is 4.98 Å². The smallest absolute Gasteiger partial charge is 0.255 e. The SMILES string of the molecule is Cc1cc(N(CCN)CC(F)F)ccn1. The second-order valence-corrected chi connectivity index (χ2v) is 3.28. The van der Waals surface area contributed by atoms with Gasteiger partial charge in [-0.05, 0) is 19.1 Å². The van der Waals surface area contributed by atoms with Gasteiger partial charge < -0.3 is 10.6 Å². The summed E-state index contributed by atoms with van der Waals surface area (Å²) < 4.78 is 24.6. The van der Waals surface area contributed by atoms with Crippen molar-refractivity contribution < 1.29 is 8.78 Å².